The van der Waals surface area contributed by atoms with E-state index in [-0.39, 0.29) is 30.8 Å². The zero-order valence-corrected chi connectivity index (χ0v) is 18.0. The summed E-state index contributed by atoms with van der Waals surface area (Å²) < 4.78 is 11.4. The molecule has 1 N–H and O–H groups in total. The molecule has 2 saturated heterocycles. The van der Waals surface area contributed by atoms with Gasteiger partial charge in [0.1, 0.15) is 0 Å². The summed E-state index contributed by atoms with van der Waals surface area (Å²) in [5.74, 6) is 1.01. The molecule has 1 aromatic rings. The average molecular weight is 426 g/mol. The number of nitrogens with one attached hydrogen (secondary N) is 1. The summed E-state index contributed by atoms with van der Waals surface area (Å²) in [6.07, 6.45) is 4.24. The molecule has 2 amide bonds. The van der Waals surface area contributed by atoms with Gasteiger partial charge in [-0.05, 0) is 57.4 Å². The number of carbonyl (C=O) groups excluding carboxylic acids is 2. The van der Waals surface area contributed by atoms with Crippen LogP contribution in [0.2, 0.25) is 0 Å². The van der Waals surface area contributed by atoms with Crippen LogP contribution >= 0.6 is 12.4 Å². The van der Waals surface area contributed by atoms with Gasteiger partial charge in [-0.15, -0.1) is 12.4 Å². The fraction of sp³-hybridized carbons (Fsp3) is 0.619. The maximum atomic E-state index is 12.8. The number of amides is 2. The monoisotopic (exact) mass is 425 g/mol. The van der Waals surface area contributed by atoms with E-state index in [0.717, 1.165) is 52.0 Å². The number of nitrogens with zero attached hydrogens (tertiary/aromatic N) is 2. The number of rotatable bonds is 6. The molecular formula is C21H32ClN3O4. The second-order valence-corrected chi connectivity index (χ2v) is 7.22. The second-order valence-electron chi connectivity index (χ2n) is 7.22. The molecule has 8 heteroatoms. The summed E-state index contributed by atoms with van der Waals surface area (Å²) >= 11 is 0. The van der Waals surface area contributed by atoms with Crippen molar-refractivity contribution in [2.75, 3.05) is 52.5 Å². The Labute approximate surface area is 179 Å². The molecule has 7 nitrogen and oxygen atoms in total. The Morgan fingerprint density at radius 3 is 2.45 bits per heavy atom. The molecule has 2 heterocycles. The molecule has 0 radical (unpaired) electrons. The molecule has 1 aromatic carbocycles. The summed E-state index contributed by atoms with van der Waals surface area (Å²) in [6, 6.07) is 5.21. The maximum absolute atomic E-state index is 12.8. The number of piperidine rings is 1. The summed E-state index contributed by atoms with van der Waals surface area (Å²) in [6.45, 7) is 7.14. The van der Waals surface area contributed by atoms with Crippen LogP contribution in [0.4, 0.5) is 0 Å². The van der Waals surface area contributed by atoms with Crippen LogP contribution < -0.4 is 14.8 Å². The van der Waals surface area contributed by atoms with Gasteiger partial charge >= 0.3 is 0 Å². The number of benzene rings is 1. The van der Waals surface area contributed by atoms with Crippen molar-refractivity contribution in [2.45, 2.75) is 32.6 Å². The van der Waals surface area contributed by atoms with Crippen molar-refractivity contribution in [2.24, 2.45) is 0 Å². The van der Waals surface area contributed by atoms with Crippen molar-refractivity contribution in [1.29, 1.82) is 0 Å². The third-order valence-corrected chi connectivity index (χ3v) is 5.18. The lowest BCUT2D eigenvalue weighted by Gasteiger charge is -2.26. The van der Waals surface area contributed by atoms with Crippen molar-refractivity contribution in [3.8, 4) is 11.5 Å². The predicted molar refractivity (Wildman–Crippen MR) is 114 cm³/mol. The van der Waals surface area contributed by atoms with Gasteiger partial charge in [-0.25, -0.2) is 0 Å². The van der Waals surface area contributed by atoms with E-state index in [2.05, 4.69) is 5.32 Å². The number of carbonyl (C=O) groups is 2. The maximum Gasteiger partial charge on any atom is 0.260 e. The molecule has 0 aromatic heterocycles. The highest BCUT2D eigenvalue weighted by Crippen LogP contribution is 2.29. The minimum absolute atomic E-state index is 0. The standard InChI is InChI=1S/C21H31N3O4.ClH/c1-2-27-19-15-17(21(26)24-13-6-9-22-10-14-24)7-8-18(19)28-16-20(25)23-11-4-3-5-12-23;/h7-8,15,22H,2-6,9-14,16H2,1H3;1H. The first-order valence-corrected chi connectivity index (χ1v) is 10.4. The van der Waals surface area contributed by atoms with E-state index < -0.39 is 0 Å². The van der Waals surface area contributed by atoms with Crippen LogP contribution in [0.15, 0.2) is 18.2 Å². The molecule has 0 spiro atoms. The fourth-order valence-electron chi connectivity index (χ4n) is 3.63. The Hall–Kier alpha value is -1.99. The van der Waals surface area contributed by atoms with Gasteiger partial charge in [0.2, 0.25) is 0 Å². The molecule has 0 saturated carbocycles. The van der Waals surface area contributed by atoms with Crippen molar-refractivity contribution in [1.82, 2.24) is 15.1 Å². The molecule has 2 aliphatic rings. The highest BCUT2D eigenvalue weighted by atomic mass is 35.5. The van der Waals surface area contributed by atoms with Gasteiger partial charge in [0.15, 0.2) is 18.1 Å². The molecule has 2 fully saturated rings. The van der Waals surface area contributed by atoms with Crippen LogP contribution in [0, 0.1) is 0 Å². The molecule has 0 bridgehead atoms. The normalized spacial score (nSPS) is 17.1. The highest BCUT2D eigenvalue weighted by molar-refractivity contribution is 5.95. The summed E-state index contributed by atoms with van der Waals surface area (Å²) in [5.41, 5.74) is 0.583. The van der Waals surface area contributed by atoms with Crippen molar-refractivity contribution >= 4 is 24.2 Å². The Morgan fingerprint density at radius 2 is 1.69 bits per heavy atom. The van der Waals surface area contributed by atoms with E-state index in [1.165, 1.54) is 6.42 Å². The summed E-state index contributed by atoms with van der Waals surface area (Å²) in [5, 5.41) is 3.30. The minimum Gasteiger partial charge on any atom is -0.490 e. The van der Waals surface area contributed by atoms with Crippen molar-refractivity contribution in [3.05, 3.63) is 23.8 Å². The second kappa shape index (κ2) is 11.9. The van der Waals surface area contributed by atoms with Crippen LogP contribution in [-0.4, -0.2) is 74.1 Å². The first-order chi connectivity index (χ1) is 13.7. The quantitative estimate of drug-likeness (QED) is 0.757. The number of halogens is 1. The molecule has 0 unspecified atom stereocenters. The zero-order chi connectivity index (χ0) is 19.8. The van der Waals surface area contributed by atoms with Crippen LogP contribution in [-0.2, 0) is 4.79 Å². The van der Waals surface area contributed by atoms with Crippen LogP contribution in [0.25, 0.3) is 0 Å². The van der Waals surface area contributed by atoms with Crippen LogP contribution in [0.3, 0.4) is 0 Å². The lowest BCUT2D eigenvalue weighted by atomic mass is 10.1. The Balaban J connectivity index is 0.00000300. The minimum atomic E-state index is -0.00877. The molecule has 0 atom stereocenters. The summed E-state index contributed by atoms with van der Waals surface area (Å²) in [4.78, 5) is 28.9. The number of hydrogen-bond acceptors (Lipinski definition) is 5. The molecule has 0 aliphatic carbocycles. The van der Waals surface area contributed by atoms with E-state index in [1.807, 2.05) is 16.7 Å². The number of likely N-dealkylation sites (tertiary alicyclic amines) is 1. The third-order valence-electron chi connectivity index (χ3n) is 5.18. The Kier molecular flexibility index (Phi) is 9.54. The van der Waals surface area contributed by atoms with Gasteiger partial charge in [-0.1, -0.05) is 0 Å². The van der Waals surface area contributed by atoms with Gasteiger partial charge < -0.3 is 24.6 Å². The number of ether oxygens (including phenoxy) is 2. The van der Waals surface area contributed by atoms with Crippen molar-refractivity contribution in [3.63, 3.8) is 0 Å². The molecule has 162 valence electrons. The first-order valence-electron chi connectivity index (χ1n) is 10.4. The number of hydrogen-bond donors (Lipinski definition) is 1. The molecule has 2 aliphatic heterocycles. The lowest BCUT2D eigenvalue weighted by Crippen LogP contribution is -2.38. The van der Waals surface area contributed by atoms with Crippen molar-refractivity contribution < 1.29 is 19.1 Å². The van der Waals surface area contributed by atoms with Crippen LogP contribution in [0.1, 0.15) is 43.0 Å². The Morgan fingerprint density at radius 1 is 0.931 bits per heavy atom. The van der Waals surface area contributed by atoms with Gasteiger partial charge in [0.25, 0.3) is 11.8 Å². The predicted octanol–water partition coefficient (Wildman–Crippen LogP) is 2.33. The fourth-order valence-corrected chi connectivity index (χ4v) is 3.63. The van der Waals surface area contributed by atoms with E-state index >= 15 is 0 Å². The van der Waals surface area contributed by atoms with E-state index in [0.29, 0.717) is 30.2 Å². The molecular weight excluding hydrogens is 394 g/mol. The Bertz CT molecular complexity index is 672. The lowest BCUT2D eigenvalue weighted by molar-refractivity contribution is -0.134. The largest absolute Gasteiger partial charge is 0.490 e. The van der Waals surface area contributed by atoms with E-state index in [9.17, 15) is 9.59 Å². The third kappa shape index (κ3) is 6.51. The smallest absolute Gasteiger partial charge is 0.260 e. The summed E-state index contributed by atoms with van der Waals surface area (Å²) in [7, 11) is 0. The topological polar surface area (TPSA) is 71.1 Å². The van der Waals surface area contributed by atoms with Gasteiger partial charge in [0, 0.05) is 38.3 Å². The first kappa shape index (κ1) is 23.3. The SMILES string of the molecule is CCOc1cc(C(=O)N2CCCNCC2)ccc1OCC(=O)N1CCCCC1.Cl. The van der Waals surface area contributed by atoms with Gasteiger partial charge in [0.05, 0.1) is 6.61 Å². The average Bonchev–Trinajstić information content (AvgIpc) is 3.02. The van der Waals surface area contributed by atoms with E-state index in [1.54, 1.807) is 18.2 Å². The van der Waals surface area contributed by atoms with E-state index in [4.69, 9.17) is 9.47 Å². The van der Waals surface area contributed by atoms with Crippen LogP contribution in [0.5, 0.6) is 11.5 Å². The van der Waals surface area contributed by atoms with Gasteiger partial charge in [-0.3, -0.25) is 9.59 Å². The molecule has 3 rings (SSSR count). The highest BCUT2D eigenvalue weighted by Gasteiger charge is 2.21. The van der Waals surface area contributed by atoms with Gasteiger partial charge in [-0.2, -0.15) is 0 Å². The zero-order valence-electron chi connectivity index (χ0n) is 17.2. The molecule has 29 heavy (non-hydrogen) atoms.